The molecule has 1 aliphatic rings. The van der Waals surface area contributed by atoms with Crippen LogP contribution >= 0.6 is 0 Å². The van der Waals surface area contributed by atoms with Crippen molar-refractivity contribution in [3.05, 3.63) is 32.9 Å². The van der Waals surface area contributed by atoms with Crippen molar-refractivity contribution >= 4 is 38.9 Å². The van der Waals surface area contributed by atoms with Gasteiger partial charge in [-0.05, 0) is 25.0 Å². The van der Waals surface area contributed by atoms with Gasteiger partial charge < -0.3 is 0 Å². The van der Waals surface area contributed by atoms with Gasteiger partial charge in [-0.1, -0.05) is 12.2 Å². The van der Waals surface area contributed by atoms with E-state index in [1.54, 1.807) is 0 Å². The van der Waals surface area contributed by atoms with Crippen LogP contribution < -0.4 is 15.8 Å². The maximum absolute atomic E-state index is 11.5. The van der Waals surface area contributed by atoms with Gasteiger partial charge in [0, 0.05) is 0 Å². The van der Waals surface area contributed by atoms with Crippen LogP contribution in [-0.2, 0) is 10.0 Å². The van der Waals surface area contributed by atoms with Crippen LogP contribution in [0.15, 0.2) is 17.0 Å². The van der Waals surface area contributed by atoms with Crippen molar-refractivity contribution in [1.29, 1.82) is 0 Å². The molecule has 0 atom stereocenters. The molecule has 0 saturated carbocycles. The molecule has 0 radical (unpaired) electrons. The Morgan fingerprint density at radius 3 is 2.33 bits per heavy atom. The highest BCUT2D eigenvalue weighted by Gasteiger charge is 2.27. The van der Waals surface area contributed by atoms with Crippen LogP contribution in [0.3, 0.4) is 0 Å². The van der Waals surface area contributed by atoms with E-state index in [2.05, 4.69) is 9.97 Å². The Morgan fingerprint density at radius 2 is 1.76 bits per heavy atom. The molecule has 108 valence electrons. The van der Waals surface area contributed by atoms with E-state index < -0.39 is 25.5 Å². The van der Waals surface area contributed by atoms with Gasteiger partial charge in [-0.25, -0.2) is 23.5 Å². The Bertz CT molecular complexity index is 998. The number of aromatic nitrogens is 2. The number of sulfonamides is 1. The molecular formula is C12H10N4O4S. The summed E-state index contributed by atoms with van der Waals surface area (Å²) in [6, 6.07) is 2.46. The topological polar surface area (TPSA) is 129 Å². The zero-order valence-corrected chi connectivity index (χ0v) is 11.5. The van der Waals surface area contributed by atoms with E-state index in [0.29, 0.717) is 10.7 Å². The molecule has 1 heterocycles. The number of nitrogens with zero attached hydrogens (tertiary/aromatic N) is 3. The summed E-state index contributed by atoms with van der Waals surface area (Å²) in [7, 11) is -4.22. The molecule has 0 fully saturated rings. The van der Waals surface area contributed by atoms with Crippen molar-refractivity contribution in [1.82, 2.24) is 9.97 Å². The normalized spacial score (nSPS) is 14.1. The summed E-state index contributed by atoms with van der Waals surface area (Å²) in [6.07, 6.45) is 5.29. The van der Waals surface area contributed by atoms with Crippen LogP contribution in [0.1, 0.15) is 12.8 Å². The van der Waals surface area contributed by atoms with Crippen LogP contribution in [0.2, 0.25) is 0 Å². The fraction of sp³-hybridized carbons (Fsp3) is 0.167. The number of primary sulfonamides is 1. The largest absolute Gasteiger partial charge is 0.316 e. The summed E-state index contributed by atoms with van der Waals surface area (Å²) in [5.74, 6) is 0. The molecule has 0 bridgehead atoms. The van der Waals surface area contributed by atoms with E-state index in [9.17, 15) is 18.5 Å². The monoisotopic (exact) mass is 306 g/mol. The molecule has 1 aliphatic carbocycles. The van der Waals surface area contributed by atoms with E-state index in [1.807, 2.05) is 12.2 Å². The quantitative estimate of drug-likeness (QED) is 0.590. The van der Waals surface area contributed by atoms with Crippen LogP contribution in [0.4, 0.5) is 5.69 Å². The van der Waals surface area contributed by atoms with Gasteiger partial charge in [-0.3, -0.25) is 10.1 Å². The standard InChI is InChI=1S/C12H10N4O4S/c13-21(19,20)10-6-5-9-11(12(10)16(17)18)15-8-4-2-1-3-7(8)14-9/h3-6H,1-2H2,(H2,13,19,20). The summed E-state index contributed by atoms with van der Waals surface area (Å²) in [5.41, 5.74) is -0.444. The van der Waals surface area contributed by atoms with Gasteiger partial charge in [-0.15, -0.1) is 0 Å². The molecule has 8 nitrogen and oxygen atoms in total. The summed E-state index contributed by atoms with van der Waals surface area (Å²) in [5, 5.41) is 17.4. The first-order chi connectivity index (χ1) is 9.88. The number of nitro groups is 1. The molecule has 3 rings (SSSR count). The number of nitro benzene ring substituents is 1. The third-order valence-corrected chi connectivity index (χ3v) is 4.10. The van der Waals surface area contributed by atoms with Crippen LogP contribution in [0.5, 0.6) is 0 Å². The second-order valence-electron chi connectivity index (χ2n) is 4.56. The summed E-state index contributed by atoms with van der Waals surface area (Å²) in [6.45, 7) is 0. The first-order valence-electron chi connectivity index (χ1n) is 6.06. The van der Waals surface area contributed by atoms with E-state index in [-0.39, 0.29) is 11.0 Å². The Kier molecular flexibility index (Phi) is 2.96. The molecule has 0 unspecified atom stereocenters. The highest BCUT2D eigenvalue weighted by Crippen LogP contribution is 2.28. The molecular weight excluding hydrogens is 296 g/mol. The third kappa shape index (κ3) is 2.26. The molecule has 21 heavy (non-hydrogen) atoms. The minimum atomic E-state index is -4.22. The van der Waals surface area contributed by atoms with Crippen molar-refractivity contribution < 1.29 is 13.3 Å². The van der Waals surface area contributed by atoms with Crippen molar-refractivity contribution in [2.24, 2.45) is 5.14 Å². The van der Waals surface area contributed by atoms with Crippen LogP contribution in [0.25, 0.3) is 23.2 Å². The van der Waals surface area contributed by atoms with Gasteiger partial charge in [-0.2, -0.15) is 0 Å². The lowest BCUT2D eigenvalue weighted by Gasteiger charge is -2.05. The number of rotatable bonds is 2. The molecule has 1 aromatic carbocycles. The van der Waals surface area contributed by atoms with Gasteiger partial charge in [0.25, 0.3) is 0 Å². The maximum atomic E-state index is 11.5. The highest BCUT2D eigenvalue weighted by atomic mass is 32.2. The van der Waals surface area contributed by atoms with Gasteiger partial charge in [0.1, 0.15) is 0 Å². The van der Waals surface area contributed by atoms with Crippen molar-refractivity contribution in [2.45, 2.75) is 17.7 Å². The molecule has 0 aliphatic heterocycles. The smallest absolute Gasteiger partial charge is 0.258 e. The number of hydrogen-bond acceptors (Lipinski definition) is 6. The average Bonchev–Trinajstić information content (AvgIpc) is 2.42. The second-order valence-corrected chi connectivity index (χ2v) is 6.09. The summed E-state index contributed by atoms with van der Waals surface area (Å²) in [4.78, 5) is 18.4. The first-order valence-corrected chi connectivity index (χ1v) is 7.61. The first kappa shape index (κ1) is 13.6. The molecule has 0 spiro atoms. The number of fused-ring (bicyclic) bond motifs is 2. The van der Waals surface area contributed by atoms with E-state index in [4.69, 9.17) is 5.14 Å². The minimum Gasteiger partial charge on any atom is -0.258 e. The predicted octanol–water partition coefficient (Wildman–Crippen LogP) is -0.460. The lowest BCUT2D eigenvalue weighted by atomic mass is 10.2. The van der Waals surface area contributed by atoms with Gasteiger partial charge in [0.05, 0.1) is 21.1 Å². The number of benzene rings is 1. The van der Waals surface area contributed by atoms with Gasteiger partial charge in [0.15, 0.2) is 10.4 Å². The molecule has 9 heteroatoms. The van der Waals surface area contributed by atoms with Crippen LogP contribution in [0, 0.1) is 10.1 Å². The predicted molar refractivity (Wildman–Crippen MR) is 75.0 cm³/mol. The summed E-state index contributed by atoms with van der Waals surface area (Å²) >= 11 is 0. The van der Waals surface area contributed by atoms with Crippen LogP contribution in [-0.4, -0.2) is 23.3 Å². The zero-order chi connectivity index (χ0) is 15.2. The van der Waals surface area contributed by atoms with Crippen molar-refractivity contribution in [3.63, 3.8) is 0 Å². The van der Waals surface area contributed by atoms with Gasteiger partial charge in [0.2, 0.25) is 10.0 Å². The molecule has 1 aromatic heterocycles. The second kappa shape index (κ2) is 4.57. The average molecular weight is 306 g/mol. The fourth-order valence-corrected chi connectivity index (χ4v) is 2.96. The fourth-order valence-electron chi connectivity index (χ4n) is 2.26. The van der Waals surface area contributed by atoms with Crippen molar-refractivity contribution in [2.75, 3.05) is 0 Å². The molecule has 0 saturated heterocycles. The number of hydrogen-bond donors (Lipinski definition) is 1. The number of nitrogens with two attached hydrogens (primary N) is 1. The molecule has 2 N–H and O–H groups in total. The Labute approximate surface area is 118 Å². The third-order valence-electron chi connectivity index (χ3n) is 3.16. The minimum absolute atomic E-state index is 0.0724. The molecule has 0 amide bonds. The van der Waals surface area contributed by atoms with E-state index in [1.165, 1.54) is 6.07 Å². The Balaban J connectivity index is 2.52. The lowest BCUT2D eigenvalue weighted by molar-refractivity contribution is -0.386. The van der Waals surface area contributed by atoms with Gasteiger partial charge >= 0.3 is 5.69 Å². The van der Waals surface area contributed by atoms with Crippen molar-refractivity contribution in [3.8, 4) is 0 Å². The van der Waals surface area contributed by atoms with E-state index >= 15 is 0 Å². The van der Waals surface area contributed by atoms with E-state index in [0.717, 1.165) is 18.9 Å². The maximum Gasteiger partial charge on any atom is 0.316 e. The summed E-state index contributed by atoms with van der Waals surface area (Å²) < 4.78 is 23.0. The zero-order valence-electron chi connectivity index (χ0n) is 10.7. The molecule has 2 aromatic rings. The Morgan fingerprint density at radius 1 is 1.14 bits per heavy atom. The lowest BCUT2D eigenvalue weighted by Crippen LogP contribution is -2.33. The Hall–Kier alpha value is -2.39. The SMILES string of the molecule is NS(=O)(=O)c1ccc2nc3c(nc2c1[N+](=O)[O-])=CCCC=3. The highest BCUT2D eigenvalue weighted by molar-refractivity contribution is 7.89.